The Morgan fingerprint density at radius 2 is 1.65 bits per heavy atom. The highest BCUT2D eigenvalue weighted by Gasteiger charge is 2.34. The van der Waals surface area contributed by atoms with Crippen LogP contribution in [-0.2, 0) is 19.1 Å². The minimum atomic E-state index is -1.25. The van der Waals surface area contributed by atoms with Crippen LogP contribution in [0.4, 0.5) is 11.6 Å². The van der Waals surface area contributed by atoms with Crippen LogP contribution in [0.15, 0.2) is 36.7 Å². The van der Waals surface area contributed by atoms with Crippen LogP contribution in [0.1, 0.15) is 25.3 Å². The van der Waals surface area contributed by atoms with E-state index in [-0.39, 0.29) is 13.2 Å². The molecule has 0 saturated carbocycles. The first-order valence-electron chi connectivity index (χ1n) is 8.16. The summed E-state index contributed by atoms with van der Waals surface area (Å²) in [6, 6.07) is 6.68. The average molecular weight is 359 g/mol. The second-order valence-electron chi connectivity index (χ2n) is 5.06. The molecule has 0 aliphatic carbocycles. The lowest BCUT2D eigenvalue weighted by Crippen LogP contribution is -2.27. The molecule has 0 spiro atoms. The van der Waals surface area contributed by atoms with Crippen molar-refractivity contribution in [2.45, 2.75) is 19.8 Å². The molecule has 0 amide bonds. The molecule has 2 rings (SSSR count). The first-order valence-corrected chi connectivity index (χ1v) is 8.16. The largest absolute Gasteiger partial charge is 0.495 e. The van der Waals surface area contributed by atoms with Crippen molar-refractivity contribution in [2.75, 3.05) is 25.6 Å². The van der Waals surface area contributed by atoms with Crippen LogP contribution in [0, 0.1) is 0 Å². The van der Waals surface area contributed by atoms with Gasteiger partial charge in [-0.2, -0.15) is 0 Å². The van der Waals surface area contributed by atoms with E-state index in [1.165, 1.54) is 7.11 Å². The number of nitrogens with one attached hydrogen (secondary N) is 1. The van der Waals surface area contributed by atoms with Crippen LogP contribution in [0.3, 0.4) is 0 Å². The molecule has 1 heterocycles. The fourth-order valence-electron chi connectivity index (χ4n) is 2.37. The summed E-state index contributed by atoms with van der Waals surface area (Å²) in [4.78, 5) is 33.1. The number of carbonyl (C=O) groups excluding carboxylic acids is 2. The molecule has 1 aromatic carbocycles. The van der Waals surface area contributed by atoms with Gasteiger partial charge in [0.2, 0.25) is 5.95 Å². The fraction of sp³-hybridized carbons (Fsp3) is 0.333. The van der Waals surface area contributed by atoms with Gasteiger partial charge in [0.1, 0.15) is 5.75 Å². The van der Waals surface area contributed by atoms with E-state index in [4.69, 9.17) is 14.2 Å². The lowest BCUT2D eigenvalue weighted by atomic mass is 9.96. The van der Waals surface area contributed by atoms with E-state index < -0.39 is 17.9 Å². The van der Waals surface area contributed by atoms with Gasteiger partial charge in [0.15, 0.2) is 5.92 Å². The maximum atomic E-state index is 12.4. The van der Waals surface area contributed by atoms with E-state index >= 15 is 0 Å². The Hall–Kier alpha value is -3.16. The van der Waals surface area contributed by atoms with E-state index in [0.717, 1.165) is 0 Å². The van der Waals surface area contributed by atoms with Crippen LogP contribution in [0.5, 0.6) is 5.75 Å². The molecule has 1 N–H and O–H groups in total. The van der Waals surface area contributed by atoms with Crippen LogP contribution in [-0.4, -0.2) is 42.2 Å². The molecular weight excluding hydrogens is 338 g/mol. The van der Waals surface area contributed by atoms with Crippen LogP contribution >= 0.6 is 0 Å². The number of carbonyl (C=O) groups is 2. The summed E-state index contributed by atoms with van der Waals surface area (Å²) in [7, 11) is 1.49. The summed E-state index contributed by atoms with van der Waals surface area (Å²) in [6.07, 6.45) is 3.14. The minimum Gasteiger partial charge on any atom is -0.495 e. The molecule has 0 radical (unpaired) electrons. The zero-order chi connectivity index (χ0) is 18.9. The molecule has 1 aromatic heterocycles. The number of esters is 2. The number of anilines is 2. The Kier molecular flexibility index (Phi) is 6.90. The zero-order valence-corrected chi connectivity index (χ0v) is 14.9. The smallest absolute Gasteiger partial charge is 0.324 e. The average Bonchev–Trinajstić information content (AvgIpc) is 2.64. The van der Waals surface area contributed by atoms with Gasteiger partial charge in [-0.15, -0.1) is 0 Å². The van der Waals surface area contributed by atoms with Crippen molar-refractivity contribution in [3.8, 4) is 5.75 Å². The molecule has 26 heavy (non-hydrogen) atoms. The fourth-order valence-corrected chi connectivity index (χ4v) is 2.37. The standard InChI is InChI=1S/C18H21N3O5/c1-4-25-16(22)14(17(23)26-5-2)12-8-6-9-13(24-3)15(12)21-18-19-10-7-11-20-18/h6-11,14H,4-5H2,1-3H3,(H,19,20,21). The van der Waals surface area contributed by atoms with Gasteiger partial charge >= 0.3 is 11.9 Å². The molecule has 8 nitrogen and oxygen atoms in total. The Labute approximate surface area is 151 Å². The second-order valence-corrected chi connectivity index (χ2v) is 5.06. The van der Waals surface area contributed by atoms with Gasteiger partial charge in [0, 0.05) is 18.0 Å². The summed E-state index contributed by atoms with van der Waals surface area (Å²) in [5, 5.41) is 3.00. The van der Waals surface area contributed by atoms with Crippen molar-refractivity contribution in [1.82, 2.24) is 9.97 Å². The van der Waals surface area contributed by atoms with Gasteiger partial charge in [-0.25, -0.2) is 9.97 Å². The Morgan fingerprint density at radius 1 is 1.04 bits per heavy atom. The normalized spacial score (nSPS) is 10.3. The molecule has 0 bridgehead atoms. The molecule has 0 saturated heterocycles. The van der Waals surface area contributed by atoms with Gasteiger partial charge < -0.3 is 19.5 Å². The quantitative estimate of drug-likeness (QED) is 0.567. The molecule has 0 unspecified atom stereocenters. The number of rotatable bonds is 8. The molecular formula is C18H21N3O5. The van der Waals surface area contributed by atoms with Gasteiger partial charge in [-0.1, -0.05) is 12.1 Å². The predicted octanol–water partition coefficient (Wildman–Crippen LogP) is 2.44. The number of ether oxygens (including phenoxy) is 3. The first-order chi connectivity index (χ1) is 12.6. The highest BCUT2D eigenvalue weighted by atomic mass is 16.6. The SMILES string of the molecule is CCOC(=O)C(C(=O)OCC)c1cccc(OC)c1Nc1ncccn1. The number of aromatic nitrogens is 2. The first kappa shape index (κ1) is 19.2. The number of methoxy groups -OCH3 is 1. The molecule has 8 heteroatoms. The maximum absolute atomic E-state index is 12.4. The second kappa shape index (κ2) is 9.36. The summed E-state index contributed by atoms with van der Waals surface area (Å²) >= 11 is 0. The third kappa shape index (κ3) is 4.47. The Morgan fingerprint density at radius 3 is 2.19 bits per heavy atom. The summed E-state index contributed by atoms with van der Waals surface area (Å²) < 4.78 is 15.5. The van der Waals surface area contributed by atoms with E-state index in [1.54, 1.807) is 50.5 Å². The number of nitrogens with zero attached hydrogens (tertiary/aromatic N) is 2. The van der Waals surface area contributed by atoms with Crippen LogP contribution < -0.4 is 10.1 Å². The van der Waals surface area contributed by atoms with Crippen molar-refractivity contribution in [3.05, 3.63) is 42.2 Å². The molecule has 0 fully saturated rings. The number of hydrogen-bond acceptors (Lipinski definition) is 8. The third-order valence-corrected chi connectivity index (χ3v) is 3.44. The van der Waals surface area contributed by atoms with Crippen LogP contribution in [0.2, 0.25) is 0 Å². The molecule has 2 aromatic rings. The molecule has 0 aliphatic rings. The summed E-state index contributed by atoms with van der Waals surface area (Å²) in [6.45, 7) is 3.62. The number of hydrogen-bond donors (Lipinski definition) is 1. The van der Waals surface area contributed by atoms with Crippen molar-refractivity contribution >= 4 is 23.6 Å². The lowest BCUT2D eigenvalue weighted by Gasteiger charge is -2.20. The third-order valence-electron chi connectivity index (χ3n) is 3.44. The van der Waals surface area contributed by atoms with Crippen molar-refractivity contribution in [3.63, 3.8) is 0 Å². The monoisotopic (exact) mass is 359 g/mol. The van der Waals surface area contributed by atoms with Crippen molar-refractivity contribution in [1.29, 1.82) is 0 Å². The Balaban J connectivity index is 2.53. The van der Waals surface area contributed by atoms with E-state index in [9.17, 15) is 9.59 Å². The molecule has 0 aliphatic heterocycles. The van der Waals surface area contributed by atoms with Crippen LogP contribution in [0.25, 0.3) is 0 Å². The minimum absolute atomic E-state index is 0.142. The van der Waals surface area contributed by atoms with Gasteiger partial charge in [-0.3, -0.25) is 9.59 Å². The highest BCUT2D eigenvalue weighted by Crippen LogP contribution is 2.36. The van der Waals surface area contributed by atoms with Gasteiger partial charge in [0.05, 0.1) is 26.0 Å². The zero-order valence-electron chi connectivity index (χ0n) is 14.9. The predicted molar refractivity (Wildman–Crippen MR) is 94.3 cm³/mol. The van der Waals surface area contributed by atoms with Crippen molar-refractivity contribution in [2.24, 2.45) is 0 Å². The summed E-state index contributed by atoms with van der Waals surface area (Å²) in [5.74, 6) is -1.93. The molecule has 0 atom stereocenters. The van der Waals surface area contributed by atoms with Gasteiger partial charge in [0.25, 0.3) is 0 Å². The topological polar surface area (TPSA) is 99.6 Å². The Bertz CT molecular complexity index is 734. The van der Waals surface area contributed by atoms with Crippen molar-refractivity contribution < 1.29 is 23.8 Å². The van der Waals surface area contributed by atoms with E-state index in [2.05, 4.69) is 15.3 Å². The number of benzene rings is 1. The summed E-state index contributed by atoms with van der Waals surface area (Å²) in [5.41, 5.74) is 0.751. The lowest BCUT2D eigenvalue weighted by molar-refractivity contribution is -0.156. The highest BCUT2D eigenvalue weighted by molar-refractivity contribution is 6.02. The molecule has 138 valence electrons. The maximum Gasteiger partial charge on any atom is 0.324 e. The van der Waals surface area contributed by atoms with E-state index in [1.807, 2.05) is 0 Å². The van der Waals surface area contributed by atoms with Gasteiger partial charge in [-0.05, 0) is 26.0 Å². The van der Waals surface area contributed by atoms with E-state index in [0.29, 0.717) is 22.9 Å². The number of para-hydroxylation sites is 1.